The van der Waals surface area contributed by atoms with Gasteiger partial charge in [-0.2, -0.15) is 0 Å². The van der Waals surface area contributed by atoms with Crippen LogP contribution in [0.1, 0.15) is 40.2 Å². The van der Waals surface area contributed by atoms with Crippen LogP contribution in [0.25, 0.3) is 0 Å². The molecule has 0 heterocycles. The van der Waals surface area contributed by atoms with Gasteiger partial charge in [-0.05, 0) is 65.1 Å². The van der Waals surface area contributed by atoms with E-state index < -0.39 is 0 Å². The zero-order chi connectivity index (χ0) is 14.1. The zero-order valence-corrected chi connectivity index (χ0v) is 13.8. The van der Waals surface area contributed by atoms with Crippen molar-refractivity contribution in [2.24, 2.45) is 0 Å². The summed E-state index contributed by atoms with van der Waals surface area (Å²) < 4.78 is 0.977. The van der Waals surface area contributed by atoms with Gasteiger partial charge in [-0.25, -0.2) is 0 Å². The molecule has 0 aliphatic heterocycles. The van der Waals surface area contributed by atoms with Crippen LogP contribution >= 0.6 is 34.2 Å². The van der Waals surface area contributed by atoms with Crippen LogP contribution in [-0.4, -0.2) is 5.78 Å². The average molecular weight is 397 g/mol. The van der Waals surface area contributed by atoms with Gasteiger partial charge in [0.25, 0.3) is 0 Å². The SMILES string of the molecule is O=C(c1ccc(I)c(Cl)c1)C1CCCc2ccccc21. The molecule has 0 saturated carbocycles. The van der Waals surface area contributed by atoms with E-state index in [2.05, 4.69) is 34.7 Å². The molecule has 2 aromatic carbocycles. The van der Waals surface area contributed by atoms with Gasteiger partial charge in [0.05, 0.1) is 5.02 Å². The molecule has 0 N–H and O–H groups in total. The predicted molar refractivity (Wildman–Crippen MR) is 90.6 cm³/mol. The highest BCUT2D eigenvalue weighted by molar-refractivity contribution is 14.1. The summed E-state index contributed by atoms with van der Waals surface area (Å²) in [5, 5.41) is 0.653. The molecule has 1 aliphatic carbocycles. The Morgan fingerprint density at radius 2 is 2.00 bits per heavy atom. The molecule has 3 heteroatoms. The van der Waals surface area contributed by atoms with Gasteiger partial charge >= 0.3 is 0 Å². The van der Waals surface area contributed by atoms with Crippen molar-refractivity contribution in [2.45, 2.75) is 25.2 Å². The molecule has 20 heavy (non-hydrogen) atoms. The van der Waals surface area contributed by atoms with Crippen LogP contribution < -0.4 is 0 Å². The van der Waals surface area contributed by atoms with Crippen LogP contribution in [0.4, 0.5) is 0 Å². The number of hydrogen-bond donors (Lipinski definition) is 0. The van der Waals surface area contributed by atoms with Gasteiger partial charge in [-0.3, -0.25) is 4.79 Å². The third kappa shape index (κ3) is 2.63. The molecule has 0 bridgehead atoms. The Balaban J connectivity index is 1.97. The molecule has 0 radical (unpaired) electrons. The monoisotopic (exact) mass is 396 g/mol. The summed E-state index contributed by atoms with van der Waals surface area (Å²) in [6, 6.07) is 13.9. The predicted octanol–water partition coefficient (Wildman–Crippen LogP) is 5.25. The quantitative estimate of drug-likeness (QED) is 0.501. The van der Waals surface area contributed by atoms with Crippen molar-refractivity contribution in [1.82, 2.24) is 0 Å². The van der Waals surface area contributed by atoms with Gasteiger partial charge in [0.1, 0.15) is 0 Å². The zero-order valence-electron chi connectivity index (χ0n) is 10.9. The van der Waals surface area contributed by atoms with E-state index in [1.807, 2.05) is 24.3 Å². The Morgan fingerprint density at radius 3 is 2.80 bits per heavy atom. The fourth-order valence-corrected chi connectivity index (χ4v) is 3.39. The lowest BCUT2D eigenvalue weighted by Gasteiger charge is -2.24. The first kappa shape index (κ1) is 14.1. The standard InChI is InChI=1S/C17H14ClIO/c18-15-10-12(8-9-16(15)19)17(20)14-7-3-5-11-4-1-2-6-13(11)14/h1-2,4,6,8-10,14H,3,5,7H2. The van der Waals surface area contributed by atoms with E-state index in [4.69, 9.17) is 11.6 Å². The molecule has 0 fully saturated rings. The number of carbonyl (C=O) groups excluding carboxylic acids is 1. The van der Waals surface area contributed by atoms with Gasteiger partial charge in [0, 0.05) is 15.1 Å². The fraction of sp³-hybridized carbons (Fsp3) is 0.235. The molecule has 0 amide bonds. The van der Waals surface area contributed by atoms with Crippen molar-refractivity contribution in [1.29, 1.82) is 0 Å². The summed E-state index contributed by atoms with van der Waals surface area (Å²) in [5.74, 6) is 0.173. The summed E-state index contributed by atoms with van der Waals surface area (Å²) in [7, 11) is 0. The third-order valence-electron chi connectivity index (χ3n) is 3.89. The number of aryl methyl sites for hydroxylation is 1. The lowest BCUT2D eigenvalue weighted by Crippen LogP contribution is -2.18. The average Bonchev–Trinajstić information content (AvgIpc) is 2.49. The van der Waals surface area contributed by atoms with Crippen molar-refractivity contribution in [2.75, 3.05) is 0 Å². The molecule has 1 atom stereocenters. The van der Waals surface area contributed by atoms with Gasteiger partial charge in [0.15, 0.2) is 5.78 Å². The van der Waals surface area contributed by atoms with Crippen LogP contribution in [0.5, 0.6) is 0 Å². The van der Waals surface area contributed by atoms with Crippen molar-refractivity contribution in [3.63, 3.8) is 0 Å². The second-order valence-corrected chi connectivity index (χ2v) is 6.71. The molecule has 3 rings (SSSR count). The first-order valence-electron chi connectivity index (χ1n) is 6.74. The maximum Gasteiger partial charge on any atom is 0.170 e. The van der Waals surface area contributed by atoms with Gasteiger partial charge in [-0.1, -0.05) is 41.9 Å². The number of rotatable bonds is 2. The van der Waals surface area contributed by atoms with Crippen molar-refractivity contribution < 1.29 is 4.79 Å². The van der Waals surface area contributed by atoms with Crippen LogP contribution in [0.2, 0.25) is 5.02 Å². The number of Topliss-reactive ketones (excluding diaryl/α,β-unsaturated/α-hetero) is 1. The van der Waals surface area contributed by atoms with Crippen LogP contribution in [0, 0.1) is 3.57 Å². The minimum absolute atomic E-state index is 0.0175. The number of halogens is 2. The maximum absolute atomic E-state index is 12.8. The van der Waals surface area contributed by atoms with Gasteiger partial charge in [0.2, 0.25) is 0 Å². The molecule has 1 unspecified atom stereocenters. The third-order valence-corrected chi connectivity index (χ3v) is 5.46. The number of ketones is 1. The van der Waals surface area contributed by atoms with Gasteiger partial charge < -0.3 is 0 Å². The molecular weight excluding hydrogens is 383 g/mol. The molecule has 2 aromatic rings. The Morgan fingerprint density at radius 1 is 1.20 bits per heavy atom. The molecule has 0 aromatic heterocycles. The highest BCUT2D eigenvalue weighted by Crippen LogP contribution is 2.34. The molecule has 0 spiro atoms. The van der Waals surface area contributed by atoms with Crippen LogP contribution in [0.3, 0.4) is 0 Å². The largest absolute Gasteiger partial charge is 0.293 e. The van der Waals surface area contributed by atoms with Crippen molar-refractivity contribution >= 4 is 40.0 Å². The molecule has 0 saturated heterocycles. The lowest BCUT2D eigenvalue weighted by molar-refractivity contribution is 0.0951. The Bertz CT molecular complexity index is 666. The first-order chi connectivity index (χ1) is 9.66. The normalized spacial score (nSPS) is 17.6. The molecule has 1 nitrogen and oxygen atoms in total. The summed E-state index contributed by atoms with van der Waals surface area (Å²) in [5.41, 5.74) is 3.23. The topological polar surface area (TPSA) is 17.1 Å². The number of fused-ring (bicyclic) bond motifs is 1. The van der Waals surface area contributed by atoms with Crippen LogP contribution in [0.15, 0.2) is 42.5 Å². The Kier molecular flexibility index (Phi) is 4.13. The molecular formula is C17H14ClIO. The number of carbonyl (C=O) groups is 1. The first-order valence-corrected chi connectivity index (χ1v) is 8.19. The van der Waals surface area contributed by atoms with E-state index in [0.717, 1.165) is 28.4 Å². The smallest absolute Gasteiger partial charge is 0.170 e. The van der Waals surface area contributed by atoms with Crippen molar-refractivity contribution in [3.05, 3.63) is 67.7 Å². The summed E-state index contributed by atoms with van der Waals surface area (Å²) in [6.07, 6.45) is 3.08. The highest BCUT2D eigenvalue weighted by atomic mass is 127. The summed E-state index contributed by atoms with van der Waals surface area (Å²) >= 11 is 8.31. The molecule has 102 valence electrons. The maximum atomic E-state index is 12.8. The minimum atomic E-state index is -0.0175. The Hall–Kier alpha value is -0.870. The van der Waals surface area contributed by atoms with E-state index in [9.17, 15) is 4.79 Å². The van der Waals surface area contributed by atoms with Crippen molar-refractivity contribution in [3.8, 4) is 0 Å². The van der Waals surface area contributed by atoms with E-state index >= 15 is 0 Å². The second-order valence-electron chi connectivity index (χ2n) is 5.14. The summed E-state index contributed by atoms with van der Waals surface area (Å²) in [6.45, 7) is 0. The van der Waals surface area contributed by atoms with Gasteiger partial charge in [-0.15, -0.1) is 0 Å². The van der Waals surface area contributed by atoms with E-state index in [-0.39, 0.29) is 11.7 Å². The summed E-state index contributed by atoms with van der Waals surface area (Å²) in [4.78, 5) is 12.8. The van der Waals surface area contributed by atoms with E-state index in [1.165, 1.54) is 11.1 Å². The number of benzene rings is 2. The second kappa shape index (κ2) is 5.86. The Labute approximate surface area is 137 Å². The highest BCUT2D eigenvalue weighted by Gasteiger charge is 2.27. The van der Waals surface area contributed by atoms with E-state index in [0.29, 0.717) is 5.02 Å². The number of hydrogen-bond acceptors (Lipinski definition) is 1. The molecule has 1 aliphatic rings. The van der Waals surface area contributed by atoms with Crippen LogP contribution in [-0.2, 0) is 6.42 Å². The fourth-order valence-electron chi connectivity index (χ4n) is 2.88. The van der Waals surface area contributed by atoms with E-state index in [1.54, 1.807) is 6.07 Å². The lowest BCUT2D eigenvalue weighted by atomic mass is 9.79. The minimum Gasteiger partial charge on any atom is -0.293 e.